The SMILES string of the molecule is O=C(CSc1nc2ccccc2s1)NCc1ccc(C(=O)O)cc1. The van der Waals surface area contributed by atoms with Crippen molar-refractivity contribution in [2.75, 3.05) is 5.75 Å². The van der Waals surface area contributed by atoms with Gasteiger partial charge in [0.2, 0.25) is 5.91 Å². The van der Waals surface area contributed by atoms with Crippen LogP contribution >= 0.6 is 23.1 Å². The second-order valence-electron chi connectivity index (χ2n) is 5.01. The molecule has 0 saturated carbocycles. The van der Waals surface area contributed by atoms with Crippen molar-refractivity contribution in [2.45, 2.75) is 10.9 Å². The maximum absolute atomic E-state index is 11.9. The molecule has 1 aromatic heterocycles. The first-order valence-electron chi connectivity index (χ1n) is 7.19. The fourth-order valence-electron chi connectivity index (χ4n) is 2.06. The van der Waals surface area contributed by atoms with Crippen molar-refractivity contribution in [2.24, 2.45) is 0 Å². The van der Waals surface area contributed by atoms with Gasteiger partial charge in [0.1, 0.15) is 0 Å². The third-order valence-electron chi connectivity index (χ3n) is 3.29. The van der Waals surface area contributed by atoms with E-state index < -0.39 is 5.97 Å². The first kappa shape index (κ1) is 16.5. The summed E-state index contributed by atoms with van der Waals surface area (Å²) in [5.41, 5.74) is 2.04. The first-order chi connectivity index (χ1) is 11.6. The molecule has 0 saturated heterocycles. The minimum absolute atomic E-state index is 0.0819. The maximum Gasteiger partial charge on any atom is 0.335 e. The van der Waals surface area contributed by atoms with Crippen molar-refractivity contribution in [1.82, 2.24) is 10.3 Å². The molecular formula is C17H14N2O3S2. The zero-order chi connectivity index (χ0) is 16.9. The van der Waals surface area contributed by atoms with Crippen molar-refractivity contribution in [3.05, 3.63) is 59.7 Å². The number of fused-ring (bicyclic) bond motifs is 1. The highest BCUT2D eigenvalue weighted by Crippen LogP contribution is 2.28. The zero-order valence-corrected chi connectivity index (χ0v) is 14.2. The smallest absolute Gasteiger partial charge is 0.335 e. The molecule has 0 radical (unpaired) electrons. The lowest BCUT2D eigenvalue weighted by atomic mass is 10.1. The number of amides is 1. The number of aromatic nitrogens is 1. The number of thioether (sulfide) groups is 1. The molecule has 3 rings (SSSR count). The van der Waals surface area contributed by atoms with Crippen molar-refractivity contribution in [3.8, 4) is 0 Å². The topological polar surface area (TPSA) is 79.3 Å². The van der Waals surface area contributed by atoms with Crippen molar-refractivity contribution < 1.29 is 14.7 Å². The number of para-hydroxylation sites is 1. The molecule has 0 aliphatic carbocycles. The number of hydrogen-bond acceptors (Lipinski definition) is 5. The quantitative estimate of drug-likeness (QED) is 0.660. The van der Waals surface area contributed by atoms with Crippen LogP contribution in [0.25, 0.3) is 10.2 Å². The van der Waals surface area contributed by atoms with Crippen LogP contribution in [0.3, 0.4) is 0 Å². The molecule has 122 valence electrons. The molecule has 7 heteroatoms. The van der Waals surface area contributed by atoms with Gasteiger partial charge in [0.05, 0.1) is 21.5 Å². The summed E-state index contributed by atoms with van der Waals surface area (Å²) in [6.07, 6.45) is 0. The molecule has 0 spiro atoms. The lowest BCUT2D eigenvalue weighted by Gasteiger charge is -2.05. The Labute approximate surface area is 146 Å². The third-order valence-corrected chi connectivity index (χ3v) is 5.47. The standard InChI is InChI=1S/C17H14N2O3S2/c20-15(18-9-11-5-7-12(8-6-11)16(21)22)10-23-17-19-13-3-1-2-4-14(13)24-17/h1-8H,9-10H2,(H,18,20)(H,21,22). The molecule has 0 unspecified atom stereocenters. The minimum atomic E-state index is -0.960. The van der Waals surface area contributed by atoms with E-state index in [4.69, 9.17) is 5.11 Å². The summed E-state index contributed by atoms with van der Waals surface area (Å²) in [7, 11) is 0. The highest BCUT2D eigenvalue weighted by Gasteiger charge is 2.08. The average Bonchev–Trinajstić information content (AvgIpc) is 3.01. The van der Waals surface area contributed by atoms with Crippen molar-refractivity contribution >= 4 is 45.2 Å². The molecule has 0 bridgehead atoms. The average molecular weight is 358 g/mol. The van der Waals surface area contributed by atoms with Crippen LogP contribution in [0.4, 0.5) is 0 Å². The number of carboxylic acid groups (broad SMARTS) is 1. The number of rotatable bonds is 6. The van der Waals surface area contributed by atoms with E-state index in [-0.39, 0.29) is 11.5 Å². The second-order valence-corrected chi connectivity index (χ2v) is 7.27. The maximum atomic E-state index is 11.9. The fraction of sp³-hybridized carbons (Fsp3) is 0.118. The van der Waals surface area contributed by atoms with E-state index in [1.807, 2.05) is 24.3 Å². The number of benzene rings is 2. The molecule has 24 heavy (non-hydrogen) atoms. The summed E-state index contributed by atoms with van der Waals surface area (Å²) < 4.78 is 1.98. The van der Waals surface area contributed by atoms with E-state index in [1.165, 1.54) is 23.9 Å². The Kier molecular flexibility index (Phi) is 5.12. The number of aromatic carboxylic acids is 1. The third kappa shape index (κ3) is 4.12. The zero-order valence-electron chi connectivity index (χ0n) is 12.6. The summed E-state index contributed by atoms with van der Waals surface area (Å²) in [4.78, 5) is 27.2. The van der Waals surface area contributed by atoms with Crippen molar-refractivity contribution in [1.29, 1.82) is 0 Å². The van der Waals surface area contributed by atoms with E-state index in [0.717, 1.165) is 20.1 Å². The normalized spacial score (nSPS) is 10.7. The van der Waals surface area contributed by atoms with Gasteiger partial charge in [-0.15, -0.1) is 11.3 Å². The van der Waals surface area contributed by atoms with Crippen LogP contribution in [-0.4, -0.2) is 27.7 Å². The molecule has 1 heterocycles. The van der Waals surface area contributed by atoms with Crippen LogP contribution in [0.1, 0.15) is 15.9 Å². The number of hydrogen-bond donors (Lipinski definition) is 2. The van der Waals surface area contributed by atoms with E-state index >= 15 is 0 Å². The monoisotopic (exact) mass is 358 g/mol. The molecular weight excluding hydrogens is 344 g/mol. The molecule has 5 nitrogen and oxygen atoms in total. The van der Waals surface area contributed by atoms with Crippen LogP contribution in [-0.2, 0) is 11.3 Å². The van der Waals surface area contributed by atoms with Gasteiger partial charge in [0.25, 0.3) is 0 Å². The van der Waals surface area contributed by atoms with Gasteiger partial charge in [-0.1, -0.05) is 36.0 Å². The second kappa shape index (κ2) is 7.46. The van der Waals surface area contributed by atoms with Gasteiger partial charge in [-0.25, -0.2) is 9.78 Å². The molecule has 0 aliphatic heterocycles. The van der Waals surface area contributed by atoms with Gasteiger partial charge in [-0.3, -0.25) is 4.79 Å². The van der Waals surface area contributed by atoms with Crippen LogP contribution in [0.15, 0.2) is 52.9 Å². The Bertz CT molecular complexity index is 842. The number of carbonyl (C=O) groups excluding carboxylic acids is 1. The number of carbonyl (C=O) groups is 2. The summed E-state index contributed by atoms with van der Waals surface area (Å²) in [5.74, 6) is -0.744. The Hall–Kier alpha value is -2.38. The number of nitrogens with zero attached hydrogens (tertiary/aromatic N) is 1. The highest BCUT2D eigenvalue weighted by molar-refractivity contribution is 8.01. The van der Waals surface area contributed by atoms with E-state index in [2.05, 4.69) is 10.3 Å². The highest BCUT2D eigenvalue weighted by atomic mass is 32.2. The summed E-state index contributed by atoms with van der Waals surface area (Å²) >= 11 is 2.99. The van der Waals surface area contributed by atoms with E-state index in [1.54, 1.807) is 23.5 Å². The molecule has 0 aliphatic rings. The Morgan fingerprint density at radius 2 is 1.88 bits per heavy atom. The largest absolute Gasteiger partial charge is 0.478 e. The van der Waals surface area contributed by atoms with Gasteiger partial charge in [0, 0.05) is 6.54 Å². The summed E-state index contributed by atoms with van der Waals surface area (Å²) in [5, 5.41) is 11.7. The molecule has 0 fully saturated rings. The Balaban J connectivity index is 1.49. The number of thiazole rings is 1. The first-order valence-corrected chi connectivity index (χ1v) is 8.99. The number of carboxylic acids is 1. The predicted octanol–water partition coefficient (Wildman–Crippen LogP) is 3.40. The predicted molar refractivity (Wildman–Crippen MR) is 95.6 cm³/mol. The van der Waals surface area contributed by atoms with Crippen LogP contribution < -0.4 is 5.32 Å². The fourth-order valence-corrected chi connectivity index (χ4v) is 3.96. The van der Waals surface area contributed by atoms with Crippen LogP contribution in [0.5, 0.6) is 0 Å². The molecule has 1 amide bonds. The van der Waals surface area contributed by atoms with Crippen LogP contribution in [0, 0.1) is 0 Å². The van der Waals surface area contributed by atoms with E-state index in [0.29, 0.717) is 12.3 Å². The Morgan fingerprint density at radius 1 is 1.12 bits per heavy atom. The lowest BCUT2D eigenvalue weighted by Crippen LogP contribution is -2.24. The number of nitrogens with one attached hydrogen (secondary N) is 1. The van der Waals surface area contributed by atoms with Gasteiger partial charge in [0.15, 0.2) is 4.34 Å². The van der Waals surface area contributed by atoms with Gasteiger partial charge in [-0.05, 0) is 29.8 Å². The van der Waals surface area contributed by atoms with Crippen LogP contribution in [0.2, 0.25) is 0 Å². The van der Waals surface area contributed by atoms with E-state index in [9.17, 15) is 9.59 Å². The molecule has 0 atom stereocenters. The summed E-state index contributed by atoms with van der Waals surface area (Å²) in [6.45, 7) is 0.374. The molecule has 3 aromatic rings. The summed E-state index contributed by atoms with van der Waals surface area (Å²) in [6, 6.07) is 14.3. The Morgan fingerprint density at radius 3 is 2.58 bits per heavy atom. The molecule has 2 aromatic carbocycles. The lowest BCUT2D eigenvalue weighted by molar-refractivity contribution is -0.118. The van der Waals surface area contributed by atoms with Crippen molar-refractivity contribution in [3.63, 3.8) is 0 Å². The van der Waals surface area contributed by atoms with Gasteiger partial charge < -0.3 is 10.4 Å². The van der Waals surface area contributed by atoms with Gasteiger partial charge in [-0.2, -0.15) is 0 Å². The molecule has 2 N–H and O–H groups in total. The van der Waals surface area contributed by atoms with Gasteiger partial charge >= 0.3 is 5.97 Å². The minimum Gasteiger partial charge on any atom is -0.478 e.